The lowest BCUT2D eigenvalue weighted by Crippen LogP contribution is -2.58. The minimum atomic E-state index is -1.22. The summed E-state index contributed by atoms with van der Waals surface area (Å²) in [6.45, 7) is 8.34. The molecule has 22 nitrogen and oxygen atoms in total. The first-order chi connectivity index (χ1) is 33.2. The third-order valence-corrected chi connectivity index (χ3v) is 11.3. The van der Waals surface area contributed by atoms with Crippen molar-refractivity contribution in [3.8, 4) is 0 Å². The standard InChI is InChI=1S/C48H67N13O9/c1-26(2)19-35(42(51)64)58-46(68)36(20-29-11-7-6-8-12-29)60-47(69)38(22-31-24-52-25-55-31)57-40(63)17-18-53-48(70)41(27(3)4)61-43(65)28(5)56-45(67)37(59-44(66)33(49)15-16-39(50)62)21-30-23-54-34-14-10-9-13-32(30)34/h6-14,23-28,33,35-38,41,54H,15-22,49H2,1-5H3,(H2,50,62)(H2,51,64)(H,52,55)(H,53,70)(H,56,67)(H,57,63)(H,58,68)(H,59,66)(H,60,69)(H,61,65)/t28-,33-,35-,36-,37-,38-,41+/m0/s1. The Morgan fingerprint density at radius 3 is 1.87 bits per heavy atom. The van der Waals surface area contributed by atoms with Crippen LogP contribution in [0.25, 0.3) is 10.9 Å². The van der Waals surface area contributed by atoms with Crippen molar-refractivity contribution in [3.63, 3.8) is 0 Å². The number of hydrogen-bond donors (Lipinski definition) is 12. The van der Waals surface area contributed by atoms with Crippen LogP contribution in [0.2, 0.25) is 0 Å². The van der Waals surface area contributed by atoms with Gasteiger partial charge in [0.05, 0.1) is 12.4 Å². The predicted octanol–water partition coefficient (Wildman–Crippen LogP) is -0.866. The first-order valence-electron chi connectivity index (χ1n) is 23.2. The topological polar surface area (TPSA) is 360 Å². The summed E-state index contributed by atoms with van der Waals surface area (Å²) >= 11 is 0. The molecule has 70 heavy (non-hydrogen) atoms. The van der Waals surface area contributed by atoms with Crippen LogP contribution in [0.5, 0.6) is 0 Å². The average molecular weight is 970 g/mol. The number of nitrogens with one attached hydrogen (secondary N) is 9. The largest absolute Gasteiger partial charge is 0.370 e. The minimum Gasteiger partial charge on any atom is -0.370 e. The zero-order chi connectivity index (χ0) is 51.5. The summed E-state index contributed by atoms with van der Waals surface area (Å²) in [5, 5.41) is 19.4. The number of hydrogen-bond acceptors (Lipinski definition) is 11. The van der Waals surface area contributed by atoms with Gasteiger partial charge in [-0.3, -0.25) is 43.2 Å². The first-order valence-corrected chi connectivity index (χ1v) is 23.2. The van der Waals surface area contributed by atoms with Gasteiger partial charge in [0.2, 0.25) is 53.2 Å². The van der Waals surface area contributed by atoms with Gasteiger partial charge >= 0.3 is 0 Å². The Kier molecular flexibility index (Phi) is 21.0. The molecular weight excluding hydrogens is 903 g/mol. The van der Waals surface area contributed by atoms with E-state index in [2.05, 4.69) is 52.2 Å². The van der Waals surface area contributed by atoms with Crippen LogP contribution in [0.1, 0.15) is 77.1 Å². The van der Waals surface area contributed by atoms with Crippen molar-refractivity contribution in [2.45, 2.75) is 122 Å². The van der Waals surface area contributed by atoms with Gasteiger partial charge in [0.25, 0.3) is 0 Å². The van der Waals surface area contributed by atoms with Gasteiger partial charge in [0.1, 0.15) is 36.3 Å². The number of aromatic amines is 2. The average Bonchev–Trinajstić information content (AvgIpc) is 3.98. The molecule has 7 atom stereocenters. The normalized spacial score (nSPS) is 14.2. The summed E-state index contributed by atoms with van der Waals surface area (Å²) < 4.78 is 0. The number of benzene rings is 2. The van der Waals surface area contributed by atoms with Gasteiger partial charge < -0.3 is 64.4 Å². The monoisotopic (exact) mass is 970 g/mol. The lowest BCUT2D eigenvalue weighted by Gasteiger charge is -2.26. The molecule has 9 amide bonds. The number of para-hydroxylation sites is 1. The van der Waals surface area contributed by atoms with Crippen LogP contribution in [0.3, 0.4) is 0 Å². The molecule has 0 radical (unpaired) electrons. The van der Waals surface area contributed by atoms with E-state index in [1.54, 1.807) is 50.4 Å². The Labute approximate surface area is 406 Å². The molecule has 22 heteroatoms. The summed E-state index contributed by atoms with van der Waals surface area (Å²) in [6, 6.07) is 8.26. The molecule has 4 aromatic rings. The highest BCUT2D eigenvalue weighted by atomic mass is 16.2. The summed E-state index contributed by atoms with van der Waals surface area (Å²) in [4.78, 5) is 128. The van der Waals surface area contributed by atoms with Gasteiger partial charge in [-0.2, -0.15) is 0 Å². The van der Waals surface area contributed by atoms with E-state index in [-0.39, 0.29) is 57.4 Å². The summed E-state index contributed by atoms with van der Waals surface area (Å²) in [7, 11) is 0. The Morgan fingerprint density at radius 2 is 1.24 bits per heavy atom. The molecule has 2 heterocycles. The molecule has 0 fully saturated rings. The second-order valence-electron chi connectivity index (χ2n) is 18.0. The molecule has 0 aliphatic carbocycles. The second-order valence-corrected chi connectivity index (χ2v) is 18.0. The molecule has 2 aromatic heterocycles. The number of amides is 9. The molecule has 0 bridgehead atoms. The number of fused-ring (bicyclic) bond motifs is 1. The van der Waals surface area contributed by atoms with E-state index in [1.165, 1.54) is 19.4 Å². The quantitative estimate of drug-likeness (QED) is 0.0332. The lowest BCUT2D eigenvalue weighted by molar-refractivity contribution is -0.134. The first kappa shape index (κ1) is 55.0. The maximum absolute atomic E-state index is 13.9. The molecule has 0 saturated heterocycles. The third kappa shape index (κ3) is 17.5. The number of nitrogens with two attached hydrogens (primary N) is 3. The summed E-state index contributed by atoms with van der Waals surface area (Å²) in [5.41, 5.74) is 19.5. The summed E-state index contributed by atoms with van der Waals surface area (Å²) in [6.07, 6.45) is 4.41. The van der Waals surface area contributed by atoms with Gasteiger partial charge in [-0.25, -0.2) is 4.98 Å². The van der Waals surface area contributed by atoms with Crippen LogP contribution in [0.4, 0.5) is 0 Å². The molecule has 2 aromatic carbocycles. The van der Waals surface area contributed by atoms with E-state index in [1.807, 2.05) is 38.1 Å². The number of rotatable bonds is 28. The van der Waals surface area contributed by atoms with E-state index in [0.29, 0.717) is 11.3 Å². The fourth-order valence-corrected chi connectivity index (χ4v) is 7.45. The molecule has 15 N–H and O–H groups in total. The highest BCUT2D eigenvalue weighted by Crippen LogP contribution is 2.20. The van der Waals surface area contributed by atoms with Crippen molar-refractivity contribution >= 4 is 64.1 Å². The highest BCUT2D eigenvalue weighted by molar-refractivity contribution is 5.96. The smallest absolute Gasteiger partial charge is 0.243 e. The van der Waals surface area contributed by atoms with Crippen LogP contribution in [-0.2, 0) is 62.4 Å². The van der Waals surface area contributed by atoms with Gasteiger partial charge in [-0.05, 0) is 48.8 Å². The number of imidazole rings is 1. The Bertz CT molecular complexity index is 2420. The van der Waals surface area contributed by atoms with Crippen LogP contribution >= 0.6 is 0 Å². The van der Waals surface area contributed by atoms with Crippen molar-refractivity contribution in [3.05, 3.63) is 90.1 Å². The molecule has 0 aliphatic rings. The van der Waals surface area contributed by atoms with Crippen molar-refractivity contribution in [1.82, 2.24) is 52.2 Å². The van der Waals surface area contributed by atoms with E-state index in [9.17, 15) is 43.2 Å². The number of primary amides is 2. The van der Waals surface area contributed by atoms with E-state index in [4.69, 9.17) is 17.2 Å². The van der Waals surface area contributed by atoms with Crippen molar-refractivity contribution < 1.29 is 43.2 Å². The zero-order valence-corrected chi connectivity index (χ0v) is 40.1. The van der Waals surface area contributed by atoms with Gasteiger partial charge in [-0.1, -0.05) is 76.2 Å². The molecule has 0 unspecified atom stereocenters. The molecule has 0 spiro atoms. The lowest BCUT2D eigenvalue weighted by atomic mass is 10.0. The maximum Gasteiger partial charge on any atom is 0.243 e. The fraction of sp³-hybridized carbons (Fsp3) is 0.458. The number of nitrogens with zero attached hydrogens (tertiary/aromatic N) is 1. The van der Waals surface area contributed by atoms with Crippen LogP contribution < -0.4 is 54.4 Å². The Balaban J connectivity index is 1.38. The Hall–Kier alpha value is -7.62. The molecule has 0 saturated carbocycles. The predicted molar refractivity (Wildman–Crippen MR) is 259 cm³/mol. The van der Waals surface area contributed by atoms with E-state index >= 15 is 0 Å². The molecular formula is C48H67N13O9. The SMILES string of the molecule is CC(C)C[C@H](NC(=O)[C@H](Cc1ccccc1)NC(=O)[C@H](Cc1cnc[nH]1)NC(=O)CCNC(=O)[C@H](NC(=O)[C@H](C)NC(=O)[C@H](Cc1c[nH]c2ccccc12)NC(=O)[C@@H](N)CCC(N)=O)C(C)C)C(N)=O. The maximum atomic E-state index is 13.9. The second kappa shape index (κ2) is 26.8. The number of H-pyrrole nitrogens is 2. The zero-order valence-electron chi connectivity index (χ0n) is 40.1. The Morgan fingerprint density at radius 1 is 0.629 bits per heavy atom. The molecule has 0 aliphatic heterocycles. The molecule has 4 rings (SSSR count). The third-order valence-electron chi connectivity index (χ3n) is 11.3. The number of aromatic nitrogens is 3. The van der Waals surface area contributed by atoms with E-state index in [0.717, 1.165) is 16.5 Å². The number of carbonyl (C=O) groups is 9. The van der Waals surface area contributed by atoms with Crippen LogP contribution in [0.15, 0.2) is 73.3 Å². The van der Waals surface area contributed by atoms with Crippen LogP contribution in [0, 0.1) is 11.8 Å². The van der Waals surface area contributed by atoms with Gasteiger partial charge in [0, 0.05) is 67.6 Å². The van der Waals surface area contributed by atoms with Crippen molar-refractivity contribution in [1.29, 1.82) is 0 Å². The number of carbonyl (C=O) groups excluding carboxylic acids is 9. The highest BCUT2D eigenvalue weighted by Gasteiger charge is 2.32. The van der Waals surface area contributed by atoms with Gasteiger partial charge in [-0.15, -0.1) is 0 Å². The minimum absolute atomic E-state index is 0.0148. The van der Waals surface area contributed by atoms with Crippen LogP contribution in [-0.4, -0.2) is 117 Å². The van der Waals surface area contributed by atoms with Gasteiger partial charge in [0.15, 0.2) is 0 Å². The van der Waals surface area contributed by atoms with E-state index < -0.39 is 101 Å². The van der Waals surface area contributed by atoms with Crippen molar-refractivity contribution in [2.24, 2.45) is 29.0 Å². The van der Waals surface area contributed by atoms with Crippen molar-refractivity contribution in [2.75, 3.05) is 6.54 Å². The summed E-state index contributed by atoms with van der Waals surface area (Å²) in [5.74, 6) is -6.54. The molecule has 378 valence electrons. The fourth-order valence-electron chi connectivity index (χ4n) is 7.45.